The van der Waals surface area contributed by atoms with Crippen LogP contribution in [0.15, 0.2) is 0 Å². The first-order valence-electron chi connectivity index (χ1n) is 5.75. The molecule has 2 atom stereocenters. The Morgan fingerprint density at radius 3 is 3.00 bits per heavy atom. The Morgan fingerprint density at radius 1 is 1.62 bits per heavy atom. The molecule has 1 saturated heterocycles. The van der Waals surface area contributed by atoms with Gasteiger partial charge in [-0.25, -0.2) is 0 Å². The molecule has 1 amide bonds. The van der Waals surface area contributed by atoms with Gasteiger partial charge in [-0.15, -0.1) is 0 Å². The van der Waals surface area contributed by atoms with E-state index in [1.54, 1.807) is 0 Å². The zero-order valence-electron chi connectivity index (χ0n) is 9.78. The van der Waals surface area contributed by atoms with Crippen molar-refractivity contribution in [1.82, 2.24) is 10.2 Å². The Balaban J connectivity index is 2.39. The van der Waals surface area contributed by atoms with E-state index >= 15 is 0 Å². The van der Waals surface area contributed by atoms with Gasteiger partial charge in [-0.05, 0) is 32.2 Å². The maximum absolute atomic E-state index is 11.5. The van der Waals surface area contributed by atoms with Crippen LogP contribution in [0.1, 0.15) is 19.8 Å². The second-order valence-corrected chi connectivity index (χ2v) is 4.39. The highest BCUT2D eigenvalue weighted by Crippen LogP contribution is 2.20. The maximum atomic E-state index is 11.5. The Kier molecular flexibility index (Phi) is 5.23. The minimum atomic E-state index is -0.0777. The number of carbonyl (C=O) groups is 1. The van der Waals surface area contributed by atoms with Crippen LogP contribution < -0.4 is 11.1 Å². The molecule has 0 aromatic heterocycles. The molecule has 0 spiro atoms. The summed E-state index contributed by atoms with van der Waals surface area (Å²) in [7, 11) is 0. The molecule has 5 heteroatoms. The van der Waals surface area contributed by atoms with Gasteiger partial charge in [0.25, 0.3) is 0 Å². The third kappa shape index (κ3) is 3.80. The summed E-state index contributed by atoms with van der Waals surface area (Å²) < 4.78 is 0. The van der Waals surface area contributed by atoms with E-state index in [2.05, 4.69) is 17.1 Å². The molecule has 5 nitrogen and oxygen atoms in total. The summed E-state index contributed by atoms with van der Waals surface area (Å²) in [6.45, 7) is 4.16. The van der Waals surface area contributed by atoms with Crippen molar-refractivity contribution >= 4 is 5.91 Å². The van der Waals surface area contributed by atoms with Gasteiger partial charge in [-0.3, -0.25) is 9.69 Å². The molecular formula is C11H20N4O. The van der Waals surface area contributed by atoms with E-state index < -0.39 is 0 Å². The Morgan fingerprint density at radius 2 is 2.38 bits per heavy atom. The molecule has 1 aliphatic rings. The predicted molar refractivity (Wildman–Crippen MR) is 61.4 cm³/mol. The molecule has 0 bridgehead atoms. The Labute approximate surface area is 96.6 Å². The minimum absolute atomic E-state index is 0.0777. The number of amides is 1. The van der Waals surface area contributed by atoms with Crippen molar-refractivity contribution in [3.05, 3.63) is 0 Å². The number of nitrogens with two attached hydrogens (primary N) is 1. The number of nitrogens with zero attached hydrogens (tertiary/aromatic N) is 2. The molecule has 0 radical (unpaired) electrons. The number of likely N-dealkylation sites (tertiary alicyclic amines) is 1. The number of rotatable bonds is 4. The van der Waals surface area contributed by atoms with Gasteiger partial charge >= 0.3 is 0 Å². The lowest BCUT2D eigenvalue weighted by atomic mass is 9.93. The van der Waals surface area contributed by atoms with Gasteiger partial charge in [0.15, 0.2) is 0 Å². The van der Waals surface area contributed by atoms with Crippen LogP contribution in [0.5, 0.6) is 0 Å². The van der Waals surface area contributed by atoms with Crippen LogP contribution in [-0.4, -0.2) is 43.0 Å². The van der Waals surface area contributed by atoms with Gasteiger partial charge < -0.3 is 11.1 Å². The molecule has 0 aliphatic carbocycles. The van der Waals surface area contributed by atoms with Gasteiger partial charge in [0, 0.05) is 12.6 Å². The second-order valence-electron chi connectivity index (χ2n) is 4.39. The minimum Gasteiger partial charge on any atom is -0.342 e. The molecule has 1 heterocycles. The number of nitrogens with one attached hydrogen (secondary N) is 1. The van der Waals surface area contributed by atoms with Crippen molar-refractivity contribution in [2.24, 2.45) is 11.7 Å². The van der Waals surface area contributed by atoms with E-state index in [1.165, 1.54) is 0 Å². The monoisotopic (exact) mass is 224 g/mol. The molecule has 1 fully saturated rings. The highest BCUT2D eigenvalue weighted by atomic mass is 16.2. The van der Waals surface area contributed by atoms with Crippen molar-refractivity contribution in [1.29, 1.82) is 5.26 Å². The van der Waals surface area contributed by atoms with Crippen molar-refractivity contribution in [2.75, 3.05) is 26.2 Å². The van der Waals surface area contributed by atoms with Gasteiger partial charge in [0.05, 0.1) is 12.6 Å². The van der Waals surface area contributed by atoms with Gasteiger partial charge in [-0.2, -0.15) is 5.26 Å². The van der Waals surface area contributed by atoms with E-state index in [0.717, 1.165) is 19.4 Å². The summed E-state index contributed by atoms with van der Waals surface area (Å²) in [5, 5.41) is 10.9. The highest BCUT2D eigenvalue weighted by molar-refractivity contribution is 5.78. The summed E-state index contributed by atoms with van der Waals surface area (Å²) in [5.41, 5.74) is 5.65. The number of hydrogen-bond acceptors (Lipinski definition) is 4. The van der Waals surface area contributed by atoms with E-state index in [1.807, 2.05) is 6.07 Å². The summed E-state index contributed by atoms with van der Waals surface area (Å²) in [5.74, 6) is 0.422. The molecule has 0 aromatic rings. The summed E-state index contributed by atoms with van der Waals surface area (Å²) >= 11 is 0. The lowest BCUT2D eigenvalue weighted by molar-refractivity contribution is -0.123. The smallest absolute Gasteiger partial charge is 0.235 e. The van der Waals surface area contributed by atoms with Crippen molar-refractivity contribution in [2.45, 2.75) is 25.8 Å². The van der Waals surface area contributed by atoms with E-state index in [-0.39, 0.29) is 12.5 Å². The second kappa shape index (κ2) is 6.46. The predicted octanol–water partition coefficient (Wildman–Crippen LogP) is -0.315. The molecule has 2 unspecified atom stereocenters. The molecule has 1 aliphatic heterocycles. The van der Waals surface area contributed by atoms with Crippen LogP contribution in [-0.2, 0) is 4.79 Å². The molecule has 90 valence electrons. The zero-order chi connectivity index (χ0) is 12.0. The van der Waals surface area contributed by atoms with Crippen LogP contribution in [0.3, 0.4) is 0 Å². The molecule has 0 saturated carbocycles. The number of hydrogen-bond donors (Lipinski definition) is 2. The number of nitriles is 1. The van der Waals surface area contributed by atoms with Gasteiger partial charge in [0.1, 0.15) is 6.54 Å². The molecular weight excluding hydrogens is 204 g/mol. The lowest BCUT2D eigenvalue weighted by Gasteiger charge is -2.37. The van der Waals surface area contributed by atoms with Crippen molar-refractivity contribution < 1.29 is 4.79 Å². The first-order chi connectivity index (χ1) is 7.67. The Bertz CT molecular complexity index is 274. The first kappa shape index (κ1) is 12.9. The van der Waals surface area contributed by atoms with Gasteiger partial charge in [0.2, 0.25) is 5.91 Å². The average Bonchev–Trinajstić information content (AvgIpc) is 2.29. The highest BCUT2D eigenvalue weighted by Gasteiger charge is 2.25. The van der Waals surface area contributed by atoms with Crippen LogP contribution in [0.2, 0.25) is 0 Å². The summed E-state index contributed by atoms with van der Waals surface area (Å²) in [4.78, 5) is 13.6. The first-order valence-corrected chi connectivity index (χ1v) is 5.75. The standard InChI is InChI=1S/C11H20N4O/c1-9-2-3-10(6-13)7-15(9)8-11(16)14-5-4-12/h9-10H,2-3,5-8,13H2,1H3,(H,14,16). The summed E-state index contributed by atoms with van der Waals surface area (Å²) in [6.07, 6.45) is 2.24. The average molecular weight is 224 g/mol. The number of piperidine rings is 1. The zero-order valence-corrected chi connectivity index (χ0v) is 9.78. The fourth-order valence-electron chi connectivity index (χ4n) is 2.05. The quantitative estimate of drug-likeness (QED) is 0.641. The van der Waals surface area contributed by atoms with Crippen LogP contribution >= 0.6 is 0 Å². The summed E-state index contributed by atoms with van der Waals surface area (Å²) in [6, 6.07) is 2.32. The van der Waals surface area contributed by atoms with Crippen LogP contribution in [0.25, 0.3) is 0 Å². The van der Waals surface area contributed by atoms with E-state index in [9.17, 15) is 4.79 Å². The lowest BCUT2D eigenvalue weighted by Crippen LogP contribution is -2.48. The largest absolute Gasteiger partial charge is 0.342 e. The van der Waals surface area contributed by atoms with Crippen LogP contribution in [0.4, 0.5) is 0 Å². The van der Waals surface area contributed by atoms with Gasteiger partial charge in [-0.1, -0.05) is 0 Å². The molecule has 1 rings (SSSR count). The topological polar surface area (TPSA) is 82.2 Å². The van der Waals surface area contributed by atoms with Crippen LogP contribution in [0, 0.1) is 17.2 Å². The molecule has 0 aromatic carbocycles. The number of carbonyl (C=O) groups excluding carboxylic acids is 1. The Hall–Kier alpha value is -1.12. The maximum Gasteiger partial charge on any atom is 0.235 e. The third-order valence-corrected chi connectivity index (χ3v) is 3.15. The fraction of sp³-hybridized carbons (Fsp3) is 0.818. The van der Waals surface area contributed by atoms with E-state index in [0.29, 0.717) is 25.0 Å². The van der Waals surface area contributed by atoms with Crippen molar-refractivity contribution in [3.8, 4) is 6.07 Å². The normalized spacial score (nSPS) is 26.1. The SMILES string of the molecule is CC1CCC(CN)CN1CC(=O)NCC#N. The van der Waals surface area contributed by atoms with E-state index in [4.69, 9.17) is 11.0 Å². The fourth-order valence-corrected chi connectivity index (χ4v) is 2.05. The third-order valence-electron chi connectivity index (χ3n) is 3.15. The molecule has 16 heavy (non-hydrogen) atoms. The van der Waals surface area contributed by atoms with Crippen molar-refractivity contribution in [3.63, 3.8) is 0 Å². The molecule has 3 N–H and O–H groups in total.